The second-order valence-corrected chi connectivity index (χ2v) is 11.7. The molecule has 4 heteroatoms. The van der Waals surface area contributed by atoms with Gasteiger partial charge in [-0.05, 0) is 36.5 Å². The van der Waals surface area contributed by atoms with Crippen LogP contribution < -0.4 is 0 Å². The quantitative estimate of drug-likeness (QED) is 0.568. The Hall–Kier alpha value is -0.613. The SMILES string of the molecule is CC(C)(C)[Si](C)(C)O[C@H]1CCC2=CC(=O)O[C@H]2C1. The smallest absolute Gasteiger partial charge is 0.331 e. The molecule has 2 aliphatic rings. The van der Waals surface area contributed by atoms with Gasteiger partial charge in [0, 0.05) is 18.6 Å². The van der Waals surface area contributed by atoms with Gasteiger partial charge < -0.3 is 9.16 Å². The molecule has 0 aromatic rings. The molecule has 3 nitrogen and oxygen atoms in total. The molecule has 102 valence electrons. The Kier molecular flexibility index (Phi) is 3.45. The van der Waals surface area contributed by atoms with Crippen LogP contribution in [-0.4, -0.2) is 26.5 Å². The van der Waals surface area contributed by atoms with Gasteiger partial charge in [0.1, 0.15) is 6.10 Å². The predicted octanol–water partition coefficient (Wildman–Crippen LogP) is 3.41. The average molecular weight is 268 g/mol. The van der Waals surface area contributed by atoms with Crippen LogP contribution in [0.15, 0.2) is 11.6 Å². The summed E-state index contributed by atoms with van der Waals surface area (Å²) in [5.74, 6) is -0.178. The lowest BCUT2D eigenvalue weighted by atomic mass is 9.91. The average Bonchev–Trinajstić information content (AvgIpc) is 2.54. The van der Waals surface area contributed by atoms with Gasteiger partial charge in [0.25, 0.3) is 0 Å². The van der Waals surface area contributed by atoms with Gasteiger partial charge in [-0.15, -0.1) is 0 Å². The zero-order valence-corrected chi connectivity index (χ0v) is 13.1. The Bertz CT molecular complexity index is 379. The van der Waals surface area contributed by atoms with E-state index in [1.165, 1.54) is 0 Å². The zero-order valence-electron chi connectivity index (χ0n) is 12.1. The maximum absolute atomic E-state index is 11.2. The van der Waals surface area contributed by atoms with Gasteiger partial charge in [-0.1, -0.05) is 20.8 Å². The third-order valence-corrected chi connectivity index (χ3v) is 9.01. The van der Waals surface area contributed by atoms with Gasteiger partial charge in [-0.3, -0.25) is 0 Å². The molecule has 0 bridgehead atoms. The Balaban J connectivity index is 1.98. The molecule has 2 atom stereocenters. The third-order valence-electron chi connectivity index (χ3n) is 4.47. The van der Waals surface area contributed by atoms with Crippen LogP contribution in [0.4, 0.5) is 0 Å². The number of fused-ring (bicyclic) bond motifs is 1. The maximum atomic E-state index is 11.2. The van der Waals surface area contributed by atoms with E-state index in [1.54, 1.807) is 6.08 Å². The van der Waals surface area contributed by atoms with Crippen molar-refractivity contribution in [1.82, 2.24) is 0 Å². The van der Waals surface area contributed by atoms with E-state index in [-0.39, 0.29) is 23.2 Å². The molecule has 0 aromatic carbocycles. The van der Waals surface area contributed by atoms with Crippen molar-refractivity contribution in [3.63, 3.8) is 0 Å². The van der Waals surface area contributed by atoms with Crippen LogP contribution in [0.25, 0.3) is 0 Å². The molecule has 0 amide bonds. The third kappa shape index (κ3) is 2.69. The largest absolute Gasteiger partial charge is 0.455 e. The number of hydrogen-bond donors (Lipinski definition) is 0. The van der Waals surface area contributed by atoms with E-state index in [0.29, 0.717) is 0 Å². The molecular formula is C14H24O3Si. The van der Waals surface area contributed by atoms with Crippen molar-refractivity contribution in [2.45, 2.75) is 70.4 Å². The molecule has 0 radical (unpaired) electrons. The highest BCUT2D eigenvalue weighted by Crippen LogP contribution is 2.40. The van der Waals surface area contributed by atoms with Gasteiger partial charge in [-0.2, -0.15) is 0 Å². The number of ether oxygens (including phenoxy) is 1. The molecule has 1 saturated carbocycles. The van der Waals surface area contributed by atoms with Crippen molar-refractivity contribution < 1.29 is 14.0 Å². The van der Waals surface area contributed by atoms with Gasteiger partial charge >= 0.3 is 5.97 Å². The number of rotatable bonds is 2. The lowest BCUT2D eigenvalue weighted by molar-refractivity contribution is -0.140. The van der Waals surface area contributed by atoms with E-state index < -0.39 is 8.32 Å². The second kappa shape index (κ2) is 4.49. The summed E-state index contributed by atoms with van der Waals surface area (Å²) in [4.78, 5) is 11.2. The minimum atomic E-state index is -1.71. The fourth-order valence-corrected chi connectivity index (χ4v) is 3.71. The van der Waals surface area contributed by atoms with Crippen molar-refractivity contribution in [2.24, 2.45) is 0 Å². The lowest BCUT2D eigenvalue weighted by Crippen LogP contribution is -2.45. The Morgan fingerprint density at radius 3 is 2.67 bits per heavy atom. The summed E-state index contributed by atoms with van der Waals surface area (Å²) in [5.41, 5.74) is 1.16. The molecule has 0 unspecified atom stereocenters. The van der Waals surface area contributed by atoms with Crippen LogP contribution in [0.5, 0.6) is 0 Å². The van der Waals surface area contributed by atoms with E-state index in [1.807, 2.05) is 0 Å². The van der Waals surface area contributed by atoms with Crippen molar-refractivity contribution >= 4 is 14.3 Å². The molecule has 1 aliphatic carbocycles. The molecule has 1 fully saturated rings. The highest BCUT2D eigenvalue weighted by Gasteiger charge is 2.41. The van der Waals surface area contributed by atoms with Crippen LogP contribution in [0.3, 0.4) is 0 Å². The van der Waals surface area contributed by atoms with E-state index in [2.05, 4.69) is 33.9 Å². The van der Waals surface area contributed by atoms with Gasteiger partial charge in [-0.25, -0.2) is 4.79 Å². The summed E-state index contributed by atoms with van der Waals surface area (Å²) in [6.45, 7) is 11.3. The minimum Gasteiger partial charge on any atom is -0.455 e. The first-order valence-corrected chi connectivity index (χ1v) is 9.69. The number of hydrogen-bond acceptors (Lipinski definition) is 3. The van der Waals surface area contributed by atoms with Crippen LogP contribution in [0.2, 0.25) is 18.1 Å². The highest BCUT2D eigenvalue weighted by atomic mass is 28.4. The highest BCUT2D eigenvalue weighted by molar-refractivity contribution is 6.74. The van der Waals surface area contributed by atoms with Crippen LogP contribution in [-0.2, 0) is 14.0 Å². The van der Waals surface area contributed by atoms with Crippen LogP contribution in [0.1, 0.15) is 40.0 Å². The Morgan fingerprint density at radius 1 is 1.39 bits per heavy atom. The summed E-state index contributed by atoms with van der Waals surface area (Å²) in [5, 5.41) is 0.232. The first kappa shape index (κ1) is 13.8. The van der Waals surface area contributed by atoms with E-state index in [9.17, 15) is 4.79 Å². The molecule has 18 heavy (non-hydrogen) atoms. The summed E-state index contributed by atoms with van der Waals surface area (Å²) in [7, 11) is -1.71. The van der Waals surface area contributed by atoms with E-state index in [0.717, 1.165) is 24.8 Å². The fraction of sp³-hybridized carbons (Fsp3) is 0.786. The van der Waals surface area contributed by atoms with Crippen molar-refractivity contribution in [2.75, 3.05) is 0 Å². The minimum absolute atomic E-state index is 0.0129. The monoisotopic (exact) mass is 268 g/mol. The summed E-state index contributed by atoms with van der Waals surface area (Å²) in [6.07, 6.45) is 4.69. The number of carbonyl (C=O) groups excluding carboxylic acids is 1. The Labute approximate surface area is 111 Å². The summed E-state index contributed by atoms with van der Waals surface area (Å²) in [6, 6.07) is 0. The molecule has 0 N–H and O–H groups in total. The lowest BCUT2D eigenvalue weighted by Gasteiger charge is -2.41. The maximum Gasteiger partial charge on any atom is 0.331 e. The van der Waals surface area contributed by atoms with Crippen molar-refractivity contribution in [1.29, 1.82) is 0 Å². The normalized spacial score (nSPS) is 28.7. The summed E-state index contributed by atoms with van der Waals surface area (Å²) < 4.78 is 11.7. The molecular weight excluding hydrogens is 244 g/mol. The molecule has 2 rings (SSSR count). The Morgan fingerprint density at radius 2 is 2.06 bits per heavy atom. The van der Waals surface area contributed by atoms with Crippen molar-refractivity contribution in [3.8, 4) is 0 Å². The zero-order chi connectivity index (χ0) is 13.6. The van der Waals surface area contributed by atoms with Gasteiger partial charge in [0.2, 0.25) is 0 Å². The molecule has 1 aliphatic heterocycles. The van der Waals surface area contributed by atoms with Crippen LogP contribution in [0, 0.1) is 0 Å². The second-order valence-electron chi connectivity index (χ2n) is 6.92. The molecule has 0 aromatic heterocycles. The molecule has 0 saturated heterocycles. The first-order valence-electron chi connectivity index (χ1n) is 6.78. The number of esters is 1. The van der Waals surface area contributed by atoms with Crippen LogP contribution >= 0.6 is 0 Å². The fourth-order valence-electron chi connectivity index (χ4n) is 2.31. The molecule has 0 spiro atoms. The van der Waals surface area contributed by atoms with Crippen molar-refractivity contribution in [3.05, 3.63) is 11.6 Å². The van der Waals surface area contributed by atoms with E-state index >= 15 is 0 Å². The predicted molar refractivity (Wildman–Crippen MR) is 73.9 cm³/mol. The van der Waals surface area contributed by atoms with E-state index in [4.69, 9.17) is 9.16 Å². The molecule has 1 heterocycles. The standard InChI is InChI=1S/C14H24O3Si/c1-14(2,3)18(4,5)17-11-7-6-10-8-13(15)16-12(10)9-11/h8,11-12H,6-7,9H2,1-5H3/t11-,12-/m0/s1. The van der Waals surface area contributed by atoms with Gasteiger partial charge in [0.05, 0.1) is 0 Å². The summed E-state index contributed by atoms with van der Waals surface area (Å²) >= 11 is 0. The number of carbonyl (C=O) groups is 1. The first-order chi connectivity index (χ1) is 8.19. The topological polar surface area (TPSA) is 35.5 Å². The van der Waals surface area contributed by atoms with Gasteiger partial charge in [0.15, 0.2) is 8.32 Å².